The number of fused-ring (bicyclic) bond motifs is 1. The number of rotatable bonds is 6. The second kappa shape index (κ2) is 8.56. The first-order valence-electron chi connectivity index (χ1n) is 10.1. The zero-order valence-electron chi connectivity index (χ0n) is 17.9. The van der Waals surface area contributed by atoms with Crippen LogP contribution < -0.4 is 10.7 Å². The molecule has 2 aromatic heterocycles. The van der Waals surface area contributed by atoms with Crippen LogP contribution >= 0.6 is 0 Å². The number of alkyl halides is 3. The Labute approximate surface area is 177 Å². The largest absolute Gasteiger partial charge is 0.431 e. The van der Waals surface area contributed by atoms with Gasteiger partial charge in [-0.3, -0.25) is 14.3 Å². The SMILES string of the molecule is CCCn1cc(C(=O)N[C@H](C)Cn2c(C(F)(F)F)cc(=O)c3cc(C)ccc32)c(C)n1. The minimum absolute atomic E-state index is 0.150. The van der Waals surface area contributed by atoms with Gasteiger partial charge in [0.15, 0.2) is 5.43 Å². The van der Waals surface area contributed by atoms with Crippen LogP contribution in [0.4, 0.5) is 13.2 Å². The van der Waals surface area contributed by atoms with Crippen molar-refractivity contribution in [2.24, 2.45) is 0 Å². The number of aromatic nitrogens is 3. The van der Waals surface area contributed by atoms with Gasteiger partial charge >= 0.3 is 6.18 Å². The number of carbonyl (C=O) groups excluding carboxylic acids is 1. The molecule has 2 heterocycles. The van der Waals surface area contributed by atoms with E-state index in [2.05, 4.69) is 10.4 Å². The third kappa shape index (κ3) is 4.81. The van der Waals surface area contributed by atoms with Gasteiger partial charge in [-0.1, -0.05) is 18.6 Å². The number of aryl methyl sites for hydroxylation is 3. The summed E-state index contributed by atoms with van der Waals surface area (Å²) in [5.74, 6) is -0.401. The van der Waals surface area contributed by atoms with Crippen LogP contribution in [0.2, 0.25) is 0 Å². The minimum atomic E-state index is -4.71. The molecule has 0 aliphatic heterocycles. The lowest BCUT2D eigenvalue weighted by atomic mass is 10.1. The van der Waals surface area contributed by atoms with Crippen molar-refractivity contribution in [3.8, 4) is 0 Å². The highest BCUT2D eigenvalue weighted by Gasteiger charge is 2.35. The van der Waals surface area contributed by atoms with Crippen molar-refractivity contribution in [2.75, 3.05) is 0 Å². The minimum Gasteiger partial charge on any atom is -0.348 e. The molecule has 0 aliphatic rings. The van der Waals surface area contributed by atoms with Crippen LogP contribution in [0.3, 0.4) is 0 Å². The third-order valence-electron chi connectivity index (χ3n) is 5.03. The van der Waals surface area contributed by atoms with Gasteiger partial charge in [0.1, 0.15) is 5.69 Å². The van der Waals surface area contributed by atoms with Crippen LogP contribution in [0.1, 0.15) is 47.6 Å². The number of halogens is 3. The van der Waals surface area contributed by atoms with Crippen molar-refractivity contribution in [1.82, 2.24) is 19.7 Å². The van der Waals surface area contributed by atoms with E-state index in [4.69, 9.17) is 0 Å². The highest BCUT2D eigenvalue weighted by Crippen LogP contribution is 2.31. The molecule has 31 heavy (non-hydrogen) atoms. The number of amides is 1. The Kier molecular flexibility index (Phi) is 6.24. The Hall–Kier alpha value is -3.10. The number of carbonyl (C=O) groups is 1. The van der Waals surface area contributed by atoms with Crippen LogP contribution in [0, 0.1) is 13.8 Å². The van der Waals surface area contributed by atoms with E-state index in [-0.39, 0.29) is 17.4 Å². The average molecular weight is 434 g/mol. The average Bonchev–Trinajstić information content (AvgIpc) is 3.03. The molecule has 1 N–H and O–H groups in total. The van der Waals surface area contributed by atoms with E-state index in [1.165, 1.54) is 6.07 Å². The smallest absolute Gasteiger partial charge is 0.348 e. The molecule has 166 valence electrons. The van der Waals surface area contributed by atoms with Crippen LogP contribution in [-0.4, -0.2) is 26.3 Å². The third-order valence-corrected chi connectivity index (χ3v) is 5.03. The van der Waals surface area contributed by atoms with E-state index in [1.807, 2.05) is 6.92 Å². The molecule has 1 aromatic carbocycles. The zero-order valence-corrected chi connectivity index (χ0v) is 17.9. The summed E-state index contributed by atoms with van der Waals surface area (Å²) in [6.07, 6.45) is -2.21. The molecule has 9 heteroatoms. The molecule has 3 rings (SSSR count). The fourth-order valence-corrected chi connectivity index (χ4v) is 3.63. The summed E-state index contributed by atoms with van der Waals surface area (Å²) >= 11 is 0. The molecular weight excluding hydrogens is 409 g/mol. The normalized spacial score (nSPS) is 12.9. The highest BCUT2D eigenvalue weighted by molar-refractivity contribution is 5.95. The van der Waals surface area contributed by atoms with Crippen molar-refractivity contribution in [3.05, 3.63) is 63.2 Å². The first-order chi connectivity index (χ1) is 14.5. The maximum atomic E-state index is 13.7. The fourth-order valence-electron chi connectivity index (χ4n) is 3.63. The van der Waals surface area contributed by atoms with Gasteiger partial charge in [-0.25, -0.2) is 0 Å². The molecule has 0 saturated heterocycles. The molecule has 0 aliphatic carbocycles. The second-order valence-corrected chi connectivity index (χ2v) is 7.79. The van der Waals surface area contributed by atoms with E-state index in [1.54, 1.807) is 43.8 Å². The lowest BCUT2D eigenvalue weighted by Gasteiger charge is -2.22. The van der Waals surface area contributed by atoms with Crippen LogP contribution in [0.15, 0.2) is 35.3 Å². The Morgan fingerprint density at radius 2 is 1.94 bits per heavy atom. The lowest BCUT2D eigenvalue weighted by Crippen LogP contribution is -2.37. The quantitative estimate of drug-likeness (QED) is 0.636. The van der Waals surface area contributed by atoms with Crippen molar-refractivity contribution < 1.29 is 18.0 Å². The van der Waals surface area contributed by atoms with Gasteiger partial charge in [0.25, 0.3) is 5.91 Å². The van der Waals surface area contributed by atoms with Gasteiger partial charge in [0.05, 0.1) is 16.8 Å². The van der Waals surface area contributed by atoms with Gasteiger partial charge < -0.3 is 9.88 Å². The molecule has 3 aromatic rings. The van der Waals surface area contributed by atoms with Crippen molar-refractivity contribution in [1.29, 1.82) is 0 Å². The van der Waals surface area contributed by atoms with Crippen molar-refractivity contribution >= 4 is 16.8 Å². The summed E-state index contributed by atoms with van der Waals surface area (Å²) in [6.45, 7) is 7.62. The fraction of sp³-hybridized carbons (Fsp3) is 0.409. The predicted molar refractivity (Wildman–Crippen MR) is 112 cm³/mol. The van der Waals surface area contributed by atoms with Crippen molar-refractivity contribution in [2.45, 2.75) is 59.4 Å². The second-order valence-electron chi connectivity index (χ2n) is 7.79. The molecule has 0 radical (unpaired) electrons. The molecule has 0 spiro atoms. The van der Waals surface area contributed by atoms with Gasteiger partial charge in [-0.05, 0) is 39.3 Å². The number of benzene rings is 1. The predicted octanol–water partition coefficient (Wildman–Crippen LogP) is 4.06. The van der Waals surface area contributed by atoms with Crippen LogP contribution in [0.25, 0.3) is 10.9 Å². The zero-order chi connectivity index (χ0) is 22.9. The molecule has 0 saturated carbocycles. The summed E-state index contributed by atoms with van der Waals surface area (Å²) in [7, 11) is 0. The number of pyridine rings is 1. The Balaban J connectivity index is 1.94. The first kappa shape index (κ1) is 22.6. The number of nitrogens with one attached hydrogen (secondary N) is 1. The molecule has 0 unspecified atom stereocenters. The number of hydrogen-bond acceptors (Lipinski definition) is 3. The Morgan fingerprint density at radius 3 is 2.58 bits per heavy atom. The Bertz CT molecular complexity index is 1180. The lowest BCUT2D eigenvalue weighted by molar-refractivity contribution is -0.143. The molecule has 0 fully saturated rings. The summed E-state index contributed by atoms with van der Waals surface area (Å²) in [4.78, 5) is 25.0. The summed E-state index contributed by atoms with van der Waals surface area (Å²) in [5.41, 5.74) is 0.172. The molecule has 1 atom stereocenters. The molecule has 0 bridgehead atoms. The van der Waals surface area contributed by atoms with Crippen LogP contribution in [0.5, 0.6) is 0 Å². The summed E-state index contributed by atoms with van der Waals surface area (Å²) < 4.78 is 43.8. The highest BCUT2D eigenvalue weighted by atomic mass is 19.4. The van der Waals surface area contributed by atoms with E-state index in [0.717, 1.165) is 16.6 Å². The van der Waals surface area contributed by atoms with E-state index in [9.17, 15) is 22.8 Å². The number of nitrogens with zero attached hydrogens (tertiary/aromatic N) is 3. The Morgan fingerprint density at radius 1 is 1.23 bits per heavy atom. The van der Waals surface area contributed by atoms with E-state index < -0.39 is 29.2 Å². The van der Waals surface area contributed by atoms with Crippen LogP contribution in [-0.2, 0) is 19.3 Å². The summed E-state index contributed by atoms with van der Waals surface area (Å²) in [6, 6.07) is 4.73. The molecule has 1 amide bonds. The standard InChI is InChI=1S/C22H25F3N4O2/c1-5-8-28-12-17(15(4)27-28)21(31)26-14(3)11-29-18-7-6-13(2)9-16(18)19(30)10-20(29)22(23,24)25/h6-7,9-10,12,14H,5,8,11H2,1-4H3,(H,26,31)/t14-/m1/s1. The maximum Gasteiger partial charge on any atom is 0.431 e. The van der Waals surface area contributed by atoms with E-state index >= 15 is 0 Å². The topological polar surface area (TPSA) is 68.9 Å². The summed E-state index contributed by atoms with van der Waals surface area (Å²) in [5, 5.41) is 7.25. The van der Waals surface area contributed by atoms with E-state index in [0.29, 0.717) is 23.9 Å². The monoisotopic (exact) mass is 434 g/mol. The molecule has 6 nitrogen and oxygen atoms in total. The molecular formula is C22H25F3N4O2. The number of hydrogen-bond donors (Lipinski definition) is 1. The van der Waals surface area contributed by atoms with Gasteiger partial charge in [-0.2, -0.15) is 18.3 Å². The van der Waals surface area contributed by atoms with Crippen molar-refractivity contribution in [3.63, 3.8) is 0 Å². The van der Waals surface area contributed by atoms with Gasteiger partial charge in [-0.15, -0.1) is 0 Å². The van der Waals surface area contributed by atoms with Gasteiger partial charge in [0, 0.05) is 36.8 Å². The van der Waals surface area contributed by atoms with Gasteiger partial charge in [0.2, 0.25) is 0 Å². The maximum absolute atomic E-state index is 13.7. The first-order valence-corrected chi connectivity index (χ1v) is 10.1.